The van der Waals surface area contributed by atoms with Gasteiger partial charge in [0.25, 0.3) is 0 Å². The van der Waals surface area contributed by atoms with Crippen molar-refractivity contribution in [2.75, 3.05) is 26.2 Å². The molecule has 21 heavy (non-hydrogen) atoms. The maximum absolute atomic E-state index is 12.0. The molecule has 0 spiro atoms. The van der Waals surface area contributed by atoms with Crippen LogP contribution in [0.25, 0.3) is 11.0 Å². The van der Waals surface area contributed by atoms with Crippen LogP contribution in [0.5, 0.6) is 0 Å². The first-order valence-electron chi connectivity index (χ1n) is 7.19. The molecule has 0 aliphatic heterocycles. The maximum Gasteiger partial charge on any atom is 0.346 e. The Morgan fingerprint density at radius 3 is 2.71 bits per heavy atom. The summed E-state index contributed by atoms with van der Waals surface area (Å²) in [6.07, 6.45) is 0. The molecule has 0 fully saturated rings. The molecular formula is C16H20N2O2S. The Hall–Kier alpha value is -1.72. The highest BCUT2D eigenvalue weighted by Gasteiger charge is 2.10. The van der Waals surface area contributed by atoms with Crippen molar-refractivity contribution in [2.45, 2.75) is 13.8 Å². The molecule has 0 bridgehead atoms. The molecule has 1 N–H and O–H groups in total. The van der Waals surface area contributed by atoms with Crippen LogP contribution in [0.1, 0.15) is 19.4 Å². The lowest BCUT2D eigenvalue weighted by Gasteiger charge is -2.18. The van der Waals surface area contributed by atoms with Crippen molar-refractivity contribution in [2.24, 2.45) is 0 Å². The summed E-state index contributed by atoms with van der Waals surface area (Å²) < 4.78 is 5.29. The van der Waals surface area contributed by atoms with E-state index in [1.54, 1.807) is 12.1 Å². The number of hydrogen-bond acceptors (Lipinski definition) is 4. The van der Waals surface area contributed by atoms with Crippen molar-refractivity contribution in [3.63, 3.8) is 0 Å². The van der Waals surface area contributed by atoms with Crippen molar-refractivity contribution < 1.29 is 4.42 Å². The van der Waals surface area contributed by atoms with Crippen LogP contribution in [0.15, 0.2) is 39.5 Å². The lowest BCUT2D eigenvalue weighted by Crippen LogP contribution is -2.35. The Kier molecular flexibility index (Phi) is 5.47. The Bertz CT molecular complexity index is 677. The summed E-state index contributed by atoms with van der Waals surface area (Å²) in [5.74, 6) is 0. The zero-order valence-corrected chi connectivity index (χ0v) is 13.2. The number of likely N-dealkylation sites (N-methyl/N-ethyl adjacent to an activating group) is 1. The molecule has 4 nitrogen and oxygen atoms in total. The predicted molar refractivity (Wildman–Crippen MR) is 90.0 cm³/mol. The van der Waals surface area contributed by atoms with Gasteiger partial charge in [-0.15, -0.1) is 0 Å². The van der Waals surface area contributed by atoms with E-state index in [0.717, 1.165) is 25.0 Å². The van der Waals surface area contributed by atoms with Gasteiger partial charge in [-0.25, -0.2) is 4.79 Å². The highest BCUT2D eigenvalue weighted by Crippen LogP contribution is 2.12. The number of thiocarbonyl (C=S) groups is 1. The Morgan fingerprint density at radius 2 is 2.00 bits per heavy atom. The Balaban J connectivity index is 2.09. The summed E-state index contributed by atoms with van der Waals surface area (Å²) in [7, 11) is 0. The van der Waals surface area contributed by atoms with E-state index in [-0.39, 0.29) is 0 Å². The second kappa shape index (κ2) is 7.33. The van der Waals surface area contributed by atoms with E-state index in [2.05, 4.69) is 24.1 Å². The summed E-state index contributed by atoms with van der Waals surface area (Å²) in [5.41, 5.74) is 0.606. The van der Waals surface area contributed by atoms with Crippen LogP contribution < -0.4 is 10.9 Å². The van der Waals surface area contributed by atoms with Crippen LogP contribution in [0, 0.1) is 0 Å². The minimum Gasteiger partial charge on any atom is -0.422 e. The Morgan fingerprint density at radius 1 is 1.29 bits per heavy atom. The number of rotatable bonds is 6. The number of nitrogens with zero attached hydrogens (tertiary/aromatic N) is 1. The molecule has 0 unspecified atom stereocenters. The van der Waals surface area contributed by atoms with Gasteiger partial charge in [0, 0.05) is 18.5 Å². The van der Waals surface area contributed by atoms with E-state index in [9.17, 15) is 4.79 Å². The molecule has 2 rings (SSSR count). The van der Waals surface area contributed by atoms with Crippen molar-refractivity contribution >= 4 is 28.2 Å². The van der Waals surface area contributed by atoms with E-state index in [4.69, 9.17) is 16.6 Å². The quantitative estimate of drug-likeness (QED) is 0.656. The maximum atomic E-state index is 12.0. The van der Waals surface area contributed by atoms with Gasteiger partial charge in [-0.2, -0.15) is 0 Å². The molecule has 0 saturated carbocycles. The van der Waals surface area contributed by atoms with Crippen LogP contribution >= 0.6 is 12.2 Å². The van der Waals surface area contributed by atoms with Crippen LogP contribution in [-0.4, -0.2) is 36.1 Å². The van der Waals surface area contributed by atoms with E-state index < -0.39 is 5.63 Å². The van der Waals surface area contributed by atoms with Gasteiger partial charge in [-0.3, -0.25) is 0 Å². The lowest BCUT2D eigenvalue weighted by atomic mass is 10.2. The summed E-state index contributed by atoms with van der Waals surface area (Å²) >= 11 is 5.31. The zero-order chi connectivity index (χ0) is 15.2. The SMILES string of the molecule is CCN(CC)CCNC(=S)c1cc2ccccc2oc1=O. The van der Waals surface area contributed by atoms with Crippen LogP contribution in [0.3, 0.4) is 0 Å². The number of fused-ring (bicyclic) bond motifs is 1. The first kappa shape index (κ1) is 15.7. The van der Waals surface area contributed by atoms with Crippen molar-refractivity contribution in [3.05, 3.63) is 46.3 Å². The third-order valence-electron chi connectivity index (χ3n) is 3.49. The van der Waals surface area contributed by atoms with Gasteiger partial charge in [0.15, 0.2) is 0 Å². The van der Waals surface area contributed by atoms with Crippen LogP contribution in [0.2, 0.25) is 0 Å². The molecular weight excluding hydrogens is 284 g/mol. The van der Waals surface area contributed by atoms with Gasteiger partial charge in [-0.1, -0.05) is 44.3 Å². The fraction of sp³-hybridized carbons (Fsp3) is 0.375. The van der Waals surface area contributed by atoms with E-state index in [0.29, 0.717) is 22.7 Å². The fourth-order valence-corrected chi connectivity index (χ4v) is 2.43. The van der Waals surface area contributed by atoms with Crippen molar-refractivity contribution in [1.82, 2.24) is 10.2 Å². The van der Waals surface area contributed by atoms with Gasteiger partial charge in [-0.05, 0) is 25.2 Å². The van der Waals surface area contributed by atoms with Crippen LogP contribution in [-0.2, 0) is 0 Å². The third kappa shape index (κ3) is 3.89. The summed E-state index contributed by atoms with van der Waals surface area (Å²) in [6.45, 7) is 7.87. The first-order valence-corrected chi connectivity index (χ1v) is 7.60. The van der Waals surface area contributed by atoms with Gasteiger partial charge < -0.3 is 14.6 Å². The van der Waals surface area contributed by atoms with E-state index in [1.807, 2.05) is 18.2 Å². The molecule has 1 aromatic carbocycles. The molecule has 1 aromatic heterocycles. The molecule has 0 saturated heterocycles. The number of para-hydroxylation sites is 1. The number of benzene rings is 1. The van der Waals surface area contributed by atoms with Gasteiger partial charge in [0.1, 0.15) is 10.6 Å². The molecule has 0 aliphatic rings. The van der Waals surface area contributed by atoms with Crippen molar-refractivity contribution in [1.29, 1.82) is 0 Å². The average Bonchev–Trinajstić information content (AvgIpc) is 2.50. The first-order chi connectivity index (χ1) is 10.2. The second-order valence-electron chi connectivity index (χ2n) is 4.77. The van der Waals surface area contributed by atoms with E-state index >= 15 is 0 Å². The largest absolute Gasteiger partial charge is 0.422 e. The smallest absolute Gasteiger partial charge is 0.346 e. The topological polar surface area (TPSA) is 45.5 Å². The normalized spacial score (nSPS) is 11.0. The van der Waals surface area contributed by atoms with Gasteiger partial charge in [0.05, 0.1) is 5.56 Å². The van der Waals surface area contributed by atoms with Gasteiger partial charge >= 0.3 is 5.63 Å². The third-order valence-corrected chi connectivity index (χ3v) is 3.86. The second-order valence-corrected chi connectivity index (χ2v) is 5.18. The lowest BCUT2D eigenvalue weighted by molar-refractivity contribution is 0.308. The summed E-state index contributed by atoms with van der Waals surface area (Å²) in [6, 6.07) is 9.21. The standard InChI is InChI=1S/C16H20N2O2S/c1-3-18(4-2)10-9-17-15(21)13-11-12-7-5-6-8-14(12)20-16(13)19/h5-8,11H,3-4,9-10H2,1-2H3,(H,17,21). The van der Waals surface area contributed by atoms with E-state index in [1.165, 1.54) is 0 Å². The highest BCUT2D eigenvalue weighted by molar-refractivity contribution is 7.80. The summed E-state index contributed by atoms with van der Waals surface area (Å²) in [5, 5.41) is 4.01. The Labute approximate surface area is 129 Å². The summed E-state index contributed by atoms with van der Waals surface area (Å²) in [4.78, 5) is 14.7. The van der Waals surface area contributed by atoms with Crippen molar-refractivity contribution in [3.8, 4) is 0 Å². The molecule has 5 heteroatoms. The fourth-order valence-electron chi connectivity index (χ4n) is 2.18. The molecule has 0 amide bonds. The molecule has 0 aliphatic carbocycles. The molecule has 112 valence electrons. The van der Waals surface area contributed by atoms with Crippen LogP contribution in [0.4, 0.5) is 0 Å². The number of nitrogens with one attached hydrogen (secondary N) is 1. The number of hydrogen-bond donors (Lipinski definition) is 1. The average molecular weight is 304 g/mol. The van der Waals surface area contributed by atoms with Gasteiger partial charge in [0.2, 0.25) is 0 Å². The molecule has 0 atom stereocenters. The highest BCUT2D eigenvalue weighted by atomic mass is 32.1. The minimum atomic E-state index is -0.394. The monoisotopic (exact) mass is 304 g/mol. The minimum absolute atomic E-state index is 0.394. The molecule has 0 radical (unpaired) electrons. The molecule has 1 heterocycles. The molecule has 2 aromatic rings. The zero-order valence-electron chi connectivity index (χ0n) is 12.4. The predicted octanol–water partition coefficient (Wildman–Crippen LogP) is 2.40.